The van der Waals surface area contributed by atoms with Crippen LogP contribution in [0.5, 0.6) is 0 Å². The van der Waals surface area contributed by atoms with Crippen LogP contribution < -0.4 is 0 Å². The van der Waals surface area contributed by atoms with E-state index >= 15 is 0 Å². The van der Waals surface area contributed by atoms with Crippen molar-refractivity contribution in [3.05, 3.63) is 36.7 Å². The Hall–Kier alpha value is -2.10. The van der Waals surface area contributed by atoms with Gasteiger partial charge >= 0.3 is 0 Å². The quantitative estimate of drug-likeness (QED) is 0.713. The molecule has 98 valence electrons. The van der Waals surface area contributed by atoms with E-state index in [1.54, 1.807) is 0 Å². The summed E-state index contributed by atoms with van der Waals surface area (Å²) in [5, 5.41) is 9.01. The normalized spacial score (nSPS) is 11.5. The summed E-state index contributed by atoms with van der Waals surface area (Å²) in [5.41, 5.74) is 2.22. The number of nitrogens with zero attached hydrogens (tertiary/aromatic N) is 3. The molecule has 0 unspecified atom stereocenters. The number of para-hydroxylation sites is 1. The van der Waals surface area contributed by atoms with Crippen LogP contribution in [0.2, 0.25) is 0 Å². The average Bonchev–Trinajstić information content (AvgIpc) is 3.03. The lowest BCUT2D eigenvalue weighted by Crippen LogP contribution is -2.03. The summed E-state index contributed by atoms with van der Waals surface area (Å²) in [6, 6.07) is 10.5. The van der Waals surface area contributed by atoms with Gasteiger partial charge < -0.3 is 8.98 Å². The molecule has 0 saturated carbocycles. The van der Waals surface area contributed by atoms with Gasteiger partial charge in [-0.15, -0.1) is 10.2 Å². The summed E-state index contributed by atoms with van der Waals surface area (Å²) in [6.45, 7) is 5.43. The predicted molar refractivity (Wildman–Crippen MR) is 74.7 cm³/mol. The van der Waals surface area contributed by atoms with Crippen LogP contribution in [-0.2, 0) is 6.54 Å². The smallest absolute Gasteiger partial charge is 0.264 e. The molecule has 0 aliphatic carbocycles. The predicted octanol–water partition coefficient (Wildman–Crippen LogP) is 3.74. The number of hydrogen-bond acceptors (Lipinski definition) is 3. The highest BCUT2D eigenvalue weighted by Gasteiger charge is 2.14. The zero-order valence-corrected chi connectivity index (χ0v) is 11.2. The van der Waals surface area contributed by atoms with Crippen LogP contribution in [0.15, 0.2) is 41.1 Å². The molecule has 3 rings (SSSR count). The third kappa shape index (κ3) is 2.26. The first-order valence-electron chi connectivity index (χ1n) is 6.60. The van der Waals surface area contributed by atoms with Gasteiger partial charge in [0.1, 0.15) is 5.69 Å². The number of benzene rings is 1. The van der Waals surface area contributed by atoms with Gasteiger partial charge in [-0.05, 0) is 24.5 Å². The molecule has 2 heterocycles. The topological polar surface area (TPSA) is 43.9 Å². The van der Waals surface area contributed by atoms with Crippen molar-refractivity contribution in [2.75, 3.05) is 0 Å². The van der Waals surface area contributed by atoms with Crippen LogP contribution in [-0.4, -0.2) is 14.8 Å². The first kappa shape index (κ1) is 12.0. The minimum atomic E-state index is 0.583. The summed E-state index contributed by atoms with van der Waals surface area (Å²) in [5.74, 6) is 1.25. The second-order valence-corrected chi connectivity index (χ2v) is 5.17. The Bertz CT molecular complexity index is 668. The Morgan fingerprint density at radius 2 is 2.11 bits per heavy atom. The summed E-state index contributed by atoms with van der Waals surface area (Å²) in [6.07, 6.45) is 2.50. The molecule has 0 amide bonds. The van der Waals surface area contributed by atoms with Gasteiger partial charge in [-0.3, -0.25) is 0 Å². The third-order valence-corrected chi connectivity index (χ3v) is 3.32. The van der Waals surface area contributed by atoms with Crippen LogP contribution in [0.1, 0.15) is 20.3 Å². The first-order valence-corrected chi connectivity index (χ1v) is 6.60. The van der Waals surface area contributed by atoms with Crippen molar-refractivity contribution in [3.8, 4) is 11.6 Å². The molecule has 0 saturated heterocycles. The van der Waals surface area contributed by atoms with Crippen molar-refractivity contribution >= 4 is 10.9 Å². The average molecular weight is 255 g/mol. The number of fused-ring (bicyclic) bond motifs is 1. The minimum absolute atomic E-state index is 0.583. The Morgan fingerprint density at radius 1 is 1.26 bits per heavy atom. The molecule has 0 N–H and O–H groups in total. The van der Waals surface area contributed by atoms with E-state index in [0.717, 1.165) is 18.7 Å². The van der Waals surface area contributed by atoms with Gasteiger partial charge in [0.15, 0.2) is 0 Å². The van der Waals surface area contributed by atoms with E-state index in [9.17, 15) is 0 Å². The molecule has 19 heavy (non-hydrogen) atoms. The molecule has 0 spiro atoms. The van der Waals surface area contributed by atoms with Gasteiger partial charge in [-0.1, -0.05) is 32.0 Å². The van der Waals surface area contributed by atoms with Crippen molar-refractivity contribution in [1.82, 2.24) is 14.8 Å². The summed E-state index contributed by atoms with van der Waals surface area (Å²) >= 11 is 0. The van der Waals surface area contributed by atoms with Crippen LogP contribution in [0.4, 0.5) is 0 Å². The lowest BCUT2D eigenvalue weighted by molar-refractivity contribution is 0.516. The van der Waals surface area contributed by atoms with Gasteiger partial charge in [0.2, 0.25) is 6.39 Å². The lowest BCUT2D eigenvalue weighted by Gasteiger charge is -2.10. The summed E-state index contributed by atoms with van der Waals surface area (Å²) in [4.78, 5) is 0. The summed E-state index contributed by atoms with van der Waals surface area (Å²) < 4.78 is 7.62. The van der Waals surface area contributed by atoms with E-state index in [2.05, 4.69) is 52.9 Å². The number of rotatable bonds is 4. The number of aromatic nitrogens is 3. The van der Waals surface area contributed by atoms with Gasteiger partial charge in [-0.25, -0.2) is 0 Å². The van der Waals surface area contributed by atoms with Crippen LogP contribution in [0, 0.1) is 5.92 Å². The number of aryl methyl sites for hydroxylation is 1. The van der Waals surface area contributed by atoms with Gasteiger partial charge in [0.05, 0.1) is 0 Å². The molecule has 0 radical (unpaired) electrons. The highest BCUT2D eigenvalue weighted by Crippen LogP contribution is 2.27. The largest absolute Gasteiger partial charge is 0.422 e. The fourth-order valence-electron chi connectivity index (χ4n) is 2.30. The van der Waals surface area contributed by atoms with Crippen molar-refractivity contribution in [2.45, 2.75) is 26.8 Å². The van der Waals surface area contributed by atoms with Gasteiger partial charge in [-0.2, -0.15) is 0 Å². The van der Waals surface area contributed by atoms with Crippen molar-refractivity contribution in [1.29, 1.82) is 0 Å². The van der Waals surface area contributed by atoms with Crippen molar-refractivity contribution < 1.29 is 4.42 Å². The van der Waals surface area contributed by atoms with E-state index in [4.69, 9.17) is 4.42 Å². The molecular formula is C15H17N3O. The van der Waals surface area contributed by atoms with Crippen LogP contribution in [0.3, 0.4) is 0 Å². The van der Waals surface area contributed by atoms with Gasteiger partial charge in [0, 0.05) is 17.4 Å². The molecule has 1 aromatic carbocycles. The fraction of sp³-hybridized carbons (Fsp3) is 0.333. The highest BCUT2D eigenvalue weighted by molar-refractivity contribution is 5.85. The third-order valence-electron chi connectivity index (χ3n) is 3.32. The Labute approximate surface area is 112 Å². The molecule has 0 aliphatic heterocycles. The van der Waals surface area contributed by atoms with Crippen LogP contribution in [0.25, 0.3) is 22.5 Å². The maximum atomic E-state index is 5.35. The minimum Gasteiger partial charge on any atom is -0.422 e. The molecule has 0 fully saturated rings. The van der Waals surface area contributed by atoms with E-state index in [1.165, 1.54) is 17.3 Å². The monoisotopic (exact) mass is 255 g/mol. The molecule has 0 aliphatic rings. The zero-order chi connectivity index (χ0) is 13.2. The maximum absolute atomic E-state index is 5.35. The maximum Gasteiger partial charge on any atom is 0.264 e. The SMILES string of the molecule is CC(C)CCn1c(-c2nnco2)cc2ccccc21. The summed E-state index contributed by atoms with van der Waals surface area (Å²) in [7, 11) is 0. The van der Waals surface area contributed by atoms with Gasteiger partial charge in [0.25, 0.3) is 5.89 Å². The molecule has 0 bridgehead atoms. The number of hydrogen-bond donors (Lipinski definition) is 0. The zero-order valence-electron chi connectivity index (χ0n) is 11.2. The second-order valence-electron chi connectivity index (χ2n) is 5.17. The first-order chi connectivity index (χ1) is 9.25. The molecule has 4 nitrogen and oxygen atoms in total. The molecular weight excluding hydrogens is 238 g/mol. The molecule has 4 heteroatoms. The van der Waals surface area contributed by atoms with E-state index < -0.39 is 0 Å². The molecule has 3 aromatic rings. The highest BCUT2D eigenvalue weighted by atomic mass is 16.4. The molecule has 2 aromatic heterocycles. The van der Waals surface area contributed by atoms with E-state index in [0.29, 0.717) is 11.8 Å². The van der Waals surface area contributed by atoms with E-state index in [1.807, 2.05) is 6.07 Å². The second kappa shape index (κ2) is 4.88. The van der Waals surface area contributed by atoms with E-state index in [-0.39, 0.29) is 0 Å². The standard InChI is InChI=1S/C15H17N3O/c1-11(2)7-8-18-13-6-4-3-5-12(13)9-14(18)15-17-16-10-19-15/h3-6,9-11H,7-8H2,1-2H3. The van der Waals surface area contributed by atoms with Crippen molar-refractivity contribution in [2.24, 2.45) is 5.92 Å². The lowest BCUT2D eigenvalue weighted by atomic mass is 10.1. The Morgan fingerprint density at radius 3 is 2.84 bits per heavy atom. The molecule has 0 atom stereocenters. The fourth-order valence-corrected chi connectivity index (χ4v) is 2.30. The Kier molecular flexibility index (Phi) is 3.07. The Balaban J connectivity index is 2.11. The van der Waals surface area contributed by atoms with Crippen molar-refractivity contribution in [3.63, 3.8) is 0 Å². The van der Waals surface area contributed by atoms with Crippen LogP contribution >= 0.6 is 0 Å².